The third-order valence-electron chi connectivity index (χ3n) is 5.29. The second-order valence-electron chi connectivity index (χ2n) is 7.52. The van der Waals surface area contributed by atoms with Crippen LogP contribution in [0.4, 0.5) is 11.6 Å². The first-order valence-corrected chi connectivity index (χ1v) is 10.1. The van der Waals surface area contributed by atoms with Crippen LogP contribution in [0, 0.1) is 5.92 Å². The number of hydrogen-bond donors (Lipinski definition) is 4. The van der Waals surface area contributed by atoms with Crippen molar-refractivity contribution < 1.29 is 5.11 Å². The Morgan fingerprint density at radius 2 is 2.14 bits per heavy atom. The minimum absolute atomic E-state index is 0.0770. The molecule has 0 spiro atoms. The maximum Gasteiger partial charge on any atom is 0.262 e. The zero-order valence-corrected chi connectivity index (χ0v) is 17.1. The smallest absolute Gasteiger partial charge is 0.262 e. The molecule has 0 fully saturated rings. The molecular formula is C21H31N5O2. The van der Waals surface area contributed by atoms with Crippen molar-refractivity contribution in [2.24, 2.45) is 5.92 Å². The number of aliphatic hydroxyl groups excluding tert-OH is 1. The van der Waals surface area contributed by atoms with Crippen molar-refractivity contribution in [1.29, 1.82) is 0 Å². The molecule has 0 bridgehead atoms. The van der Waals surface area contributed by atoms with E-state index in [9.17, 15) is 9.90 Å². The molecule has 2 aromatic heterocycles. The first-order valence-electron chi connectivity index (χ1n) is 10.1. The quantitative estimate of drug-likeness (QED) is 0.558. The number of anilines is 2. The lowest BCUT2D eigenvalue weighted by molar-refractivity contribution is 0.274. The number of nitrogens with one attached hydrogen (secondary N) is 3. The Morgan fingerprint density at radius 1 is 1.36 bits per heavy atom. The molecule has 0 amide bonds. The first-order chi connectivity index (χ1) is 13.5. The molecule has 3 heterocycles. The van der Waals surface area contributed by atoms with Crippen LogP contribution in [-0.2, 0) is 6.54 Å². The van der Waals surface area contributed by atoms with Crippen molar-refractivity contribution in [1.82, 2.24) is 14.9 Å². The van der Waals surface area contributed by atoms with Gasteiger partial charge in [-0.25, -0.2) is 4.98 Å². The van der Waals surface area contributed by atoms with Gasteiger partial charge in [-0.05, 0) is 48.6 Å². The number of fused-ring (bicyclic) bond motifs is 1. The molecule has 1 unspecified atom stereocenters. The van der Waals surface area contributed by atoms with Gasteiger partial charge < -0.3 is 25.6 Å². The summed E-state index contributed by atoms with van der Waals surface area (Å²) in [7, 11) is 0. The SMILES string of the molecule is CCNc1nc(NC2C(CC)=CN[C@H]2C(C)C)cc2ccn(CCO)c(=O)c12. The highest BCUT2D eigenvalue weighted by atomic mass is 16.3. The fourth-order valence-corrected chi connectivity index (χ4v) is 3.82. The average molecular weight is 386 g/mol. The van der Waals surface area contributed by atoms with Crippen LogP contribution in [0.3, 0.4) is 0 Å². The van der Waals surface area contributed by atoms with Crippen molar-refractivity contribution in [2.75, 3.05) is 23.8 Å². The van der Waals surface area contributed by atoms with Gasteiger partial charge in [0.1, 0.15) is 11.6 Å². The predicted molar refractivity (Wildman–Crippen MR) is 115 cm³/mol. The van der Waals surface area contributed by atoms with Crippen molar-refractivity contribution in [3.8, 4) is 0 Å². The fourth-order valence-electron chi connectivity index (χ4n) is 3.82. The Balaban J connectivity index is 2.03. The van der Waals surface area contributed by atoms with Gasteiger partial charge in [-0.1, -0.05) is 20.8 Å². The fraction of sp³-hybridized carbons (Fsp3) is 0.524. The maximum absolute atomic E-state index is 12.8. The summed E-state index contributed by atoms with van der Waals surface area (Å²) in [5.74, 6) is 1.80. The number of rotatable bonds is 8. The summed E-state index contributed by atoms with van der Waals surface area (Å²) in [5.41, 5.74) is 1.18. The molecule has 0 aromatic carbocycles. The topological polar surface area (TPSA) is 91.2 Å². The normalized spacial score (nSPS) is 19.0. The minimum atomic E-state index is -0.140. The molecule has 0 aliphatic carbocycles. The molecule has 0 saturated heterocycles. The Kier molecular flexibility index (Phi) is 6.24. The van der Waals surface area contributed by atoms with E-state index in [1.165, 1.54) is 10.1 Å². The minimum Gasteiger partial charge on any atom is -0.395 e. The van der Waals surface area contributed by atoms with Gasteiger partial charge in [0.15, 0.2) is 0 Å². The third kappa shape index (κ3) is 3.85. The van der Waals surface area contributed by atoms with Crippen LogP contribution < -0.4 is 21.5 Å². The average Bonchev–Trinajstić information content (AvgIpc) is 3.07. The molecule has 2 aromatic rings. The van der Waals surface area contributed by atoms with E-state index in [0.29, 0.717) is 29.7 Å². The number of aromatic nitrogens is 2. The van der Waals surface area contributed by atoms with Crippen LogP contribution in [0.5, 0.6) is 0 Å². The van der Waals surface area contributed by atoms with Crippen molar-refractivity contribution in [3.63, 3.8) is 0 Å². The van der Waals surface area contributed by atoms with Crippen LogP contribution in [0.25, 0.3) is 10.8 Å². The molecule has 4 N–H and O–H groups in total. The highest BCUT2D eigenvalue weighted by Crippen LogP contribution is 2.28. The largest absolute Gasteiger partial charge is 0.395 e. The Morgan fingerprint density at radius 3 is 2.79 bits per heavy atom. The standard InChI is InChI=1S/C21H31N5O2/c1-5-14-12-23-18(13(3)4)19(14)24-16-11-15-7-8-26(9-10-27)21(28)17(15)20(25-16)22-6-2/h7-8,11-13,18-19,23,27H,5-6,9-10H2,1-4H3,(H2,22,24,25)/t18-,19?/m0/s1. The van der Waals surface area contributed by atoms with Crippen LogP contribution in [-0.4, -0.2) is 39.9 Å². The zero-order valence-electron chi connectivity index (χ0n) is 17.1. The molecule has 0 saturated carbocycles. The van der Waals surface area contributed by atoms with Crippen molar-refractivity contribution in [3.05, 3.63) is 40.5 Å². The lowest BCUT2D eigenvalue weighted by Gasteiger charge is -2.27. The van der Waals surface area contributed by atoms with Crippen LogP contribution >= 0.6 is 0 Å². The monoisotopic (exact) mass is 385 g/mol. The highest BCUT2D eigenvalue weighted by Gasteiger charge is 2.31. The van der Waals surface area contributed by atoms with Gasteiger partial charge in [0.25, 0.3) is 5.56 Å². The van der Waals surface area contributed by atoms with Gasteiger partial charge in [0, 0.05) is 19.3 Å². The molecule has 2 atom stereocenters. The molecule has 152 valence electrons. The van der Waals surface area contributed by atoms with Gasteiger partial charge in [0.2, 0.25) is 0 Å². The molecule has 1 aliphatic rings. The summed E-state index contributed by atoms with van der Waals surface area (Å²) in [6.07, 6.45) is 4.81. The third-order valence-corrected chi connectivity index (χ3v) is 5.29. The number of hydrogen-bond acceptors (Lipinski definition) is 6. The van der Waals surface area contributed by atoms with E-state index in [1.807, 2.05) is 19.1 Å². The summed E-state index contributed by atoms with van der Waals surface area (Å²) in [5, 5.41) is 20.9. The Bertz CT molecular complexity index is 919. The summed E-state index contributed by atoms with van der Waals surface area (Å²) < 4.78 is 1.52. The molecule has 7 nitrogen and oxygen atoms in total. The van der Waals surface area contributed by atoms with Crippen molar-refractivity contribution >= 4 is 22.4 Å². The highest BCUT2D eigenvalue weighted by molar-refractivity contribution is 5.93. The van der Waals surface area contributed by atoms with E-state index in [4.69, 9.17) is 4.98 Å². The van der Waals surface area contributed by atoms with Crippen LogP contribution in [0.2, 0.25) is 0 Å². The van der Waals surface area contributed by atoms with Crippen LogP contribution in [0.15, 0.2) is 34.9 Å². The molecule has 1 aliphatic heterocycles. The van der Waals surface area contributed by atoms with Gasteiger partial charge in [0.05, 0.1) is 24.1 Å². The second kappa shape index (κ2) is 8.65. The van der Waals surface area contributed by atoms with Gasteiger partial charge in [-0.15, -0.1) is 0 Å². The molecule has 3 rings (SSSR count). The van der Waals surface area contributed by atoms with E-state index in [-0.39, 0.29) is 24.8 Å². The van der Waals surface area contributed by atoms with E-state index in [1.54, 1.807) is 6.20 Å². The number of aliphatic hydroxyl groups is 1. The summed E-state index contributed by atoms with van der Waals surface area (Å²) >= 11 is 0. The van der Waals surface area contributed by atoms with Gasteiger partial charge in [-0.3, -0.25) is 4.79 Å². The van der Waals surface area contributed by atoms with E-state index < -0.39 is 0 Å². The van der Waals surface area contributed by atoms with Gasteiger partial charge in [-0.2, -0.15) is 0 Å². The maximum atomic E-state index is 12.8. The number of nitrogens with zero attached hydrogens (tertiary/aromatic N) is 2. The van der Waals surface area contributed by atoms with Crippen molar-refractivity contribution in [2.45, 2.75) is 52.7 Å². The van der Waals surface area contributed by atoms with E-state index in [2.05, 4.69) is 42.9 Å². The summed E-state index contributed by atoms with van der Waals surface area (Å²) in [4.78, 5) is 17.6. The second-order valence-corrected chi connectivity index (χ2v) is 7.52. The van der Waals surface area contributed by atoms with E-state index >= 15 is 0 Å². The summed E-state index contributed by atoms with van der Waals surface area (Å²) in [6.45, 7) is 9.42. The Labute approximate surface area is 165 Å². The molecule has 7 heteroatoms. The summed E-state index contributed by atoms with van der Waals surface area (Å²) in [6, 6.07) is 4.31. The lowest BCUT2D eigenvalue weighted by atomic mass is 9.93. The molecular weight excluding hydrogens is 354 g/mol. The van der Waals surface area contributed by atoms with E-state index in [0.717, 1.165) is 17.6 Å². The lowest BCUT2D eigenvalue weighted by Crippen LogP contribution is -2.41. The van der Waals surface area contributed by atoms with Crippen LogP contribution in [0.1, 0.15) is 34.1 Å². The Hall–Kier alpha value is -2.54. The first kappa shape index (κ1) is 20.2. The number of pyridine rings is 2. The predicted octanol–water partition coefficient (Wildman–Crippen LogP) is 2.52. The zero-order chi connectivity index (χ0) is 20.3. The molecule has 0 radical (unpaired) electrons. The molecule has 28 heavy (non-hydrogen) atoms. The van der Waals surface area contributed by atoms with Gasteiger partial charge >= 0.3 is 0 Å².